The van der Waals surface area contributed by atoms with E-state index in [1.807, 2.05) is 49.1 Å². The van der Waals surface area contributed by atoms with E-state index in [0.29, 0.717) is 44.8 Å². The van der Waals surface area contributed by atoms with Gasteiger partial charge in [-0.15, -0.1) is 0 Å². The Hall–Kier alpha value is -2.83. The first kappa shape index (κ1) is 18.9. The summed E-state index contributed by atoms with van der Waals surface area (Å²) in [5.74, 6) is 0.775. The zero-order chi connectivity index (χ0) is 19.4. The van der Waals surface area contributed by atoms with Crippen molar-refractivity contribution in [3.05, 3.63) is 47.3 Å². The summed E-state index contributed by atoms with van der Waals surface area (Å²) in [6, 6.07) is 9.52. The molecule has 1 aromatic carbocycles. The first-order chi connectivity index (χ1) is 13.0. The van der Waals surface area contributed by atoms with E-state index in [2.05, 4.69) is 5.10 Å². The molecule has 1 fully saturated rings. The summed E-state index contributed by atoms with van der Waals surface area (Å²) in [5.41, 5.74) is 2.43. The first-order valence-corrected chi connectivity index (χ1v) is 9.26. The monoisotopic (exact) mass is 370 g/mol. The zero-order valence-electron chi connectivity index (χ0n) is 16.1. The van der Waals surface area contributed by atoms with Crippen molar-refractivity contribution in [1.29, 1.82) is 0 Å². The highest BCUT2D eigenvalue weighted by atomic mass is 16.5. The van der Waals surface area contributed by atoms with Gasteiger partial charge in [-0.1, -0.05) is 12.1 Å². The van der Waals surface area contributed by atoms with Crippen LogP contribution in [0.25, 0.3) is 0 Å². The van der Waals surface area contributed by atoms with Crippen LogP contribution >= 0.6 is 0 Å². The largest absolute Gasteiger partial charge is 0.497 e. The van der Waals surface area contributed by atoms with Crippen molar-refractivity contribution in [1.82, 2.24) is 19.6 Å². The lowest BCUT2D eigenvalue weighted by atomic mass is 10.2. The Morgan fingerprint density at radius 1 is 1.22 bits per heavy atom. The molecule has 7 heteroatoms. The van der Waals surface area contributed by atoms with Crippen LogP contribution in [0.15, 0.2) is 30.3 Å². The summed E-state index contributed by atoms with van der Waals surface area (Å²) in [5, 5.41) is 4.35. The maximum atomic E-state index is 12.9. The second-order valence-corrected chi connectivity index (χ2v) is 6.70. The summed E-state index contributed by atoms with van der Waals surface area (Å²) >= 11 is 0. The number of rotatable bonds is 5. The molecular weight excluding hydrogens is 344 g/mol. The van der Waals surface area contributed by atoms with E-state index in [1.165, 1.54) is 0 Å². The van der Waals surface area contributed by atoms with E-state index in [9.17, 15) is 9.59 Å². The highest BCUT2D eigenvalue weighted by Gasteiger charge is 2.26. The molecule has 1 saturated heterocycles. The summed E-state index contributed by atoms with van der Waals surface area (Å²) in [7, 11) is 1.63. The van der Waals surface area contributed by atoms with Crippen LogP contribution < -0.4 is 4.74 Å². The van der Waals surface area contributed by atoms with Crippen LogP contribution in [0, 0.1) is 6.92 Å². The maximum Gasteiger partial charge on any atom is 0.272 e. The summed E-state index contributed by atoms with van der Waals surface area (Å²) in [4.78, 5) is 29.0. The Kier molecular flexibility index (Phi) is 5.78. The lowest BCUT2D eigenvalue weighted by molar-refractivity contribution is -0.130. The van der Waals surface area contributed by atoms with Gasteiger partial charge >= 0.3 is 0 Å². The molecular formula is C20H26N4O3. The van der Waals surface area contributed by atoms with E-state index in [1.54, 1.807) is 16.7 Å². The van der Waals surface area contributed by atoms with Crippen LogP contribution in [0.5, 0.6) is 5.75 Å². The molecule has 0 radical (unpaired) electrons. The Bertz CT molecular complexity index is 830. The molecule has 1 aliphatic heterocycles. The Morgan fingerprint density at radius 3 is 2.78 bits per heavy atom. The minimum absolute atomic E-state index is 0.0616. The molecule has 2 amide bonds. The Morgan fingerprint density at radius 2 is 2.04 bits per heavy atom. The van der Waals surface area contributed by atoms with E-state index in [0.717, 1.165) is 17.0 Å². The number of carbonyl (C=O) groups is 2. The van der Waals surface area contributed by atoms with Crippen LogP contribution in [0.1, 0.15) is 35.1 Å². The molecule has 0 saturated carbocycles. The second kappa shape index (κ2) is 8.24. The van der Waals surface area contributed by atoms with Gasteiger partial charge in [-0.05, 0) is 37.6 Å². The average Bonchev–Trinajstić information content (AvgIpc) is 2.97. The average molecular weight is 370 g/mol. The number of nitrogens with zero attached hydrogens (tertiary/aromatic N) is 4. The molecule has 3 rings (SSSR count). The molecule has 7 nitrogen and oxygen atoms in total. The third-order valence-corrected chi connectivity index (χ3v) is 4.80. The number of aromatic nitrogens is 2. The quantitative estimate of drug-likeness (QED) is 0.808. The molecule has 2 aromatic rings. The number of carbonyl (C=O) groups excluding carboxylic acids is 2. The van der Waals surface area contributed by atoms with Gasteiger partial charge in [0.1, 0.15) is 11.4 Å². The van der Waals surface area contributed by atoms with E-state index in [-0.39, 0.29) is 11.8 Å². The zero-order valence-corrected chi connectivity index (χ0v) is 16.1. The highest BCUT2D eigenvalue weighted by Crippen LogP contribution is 2.17. The van der Waals surface area contributed by atoms with Crippen molar-refractivity contribution >= 4 is 11.8 Å². The van der Waals surface area contributed by atoms with Gasteiger partial charge in [0.15, 0.2) is 0 Å². The molecule has 0 bridgehead atoms. The molecule has 1 aliphatic rings. The lowest BCUT2D eigenvalue weighted by Gasteiger charge is -2.22. The number of ether oxygens (including phenoxy) is 1. The van der Waals surface area contributed by atoms with Crippen LogP contribution in [-0.4, -0.2) is 58.1 Å². The molecule has 0 N–H and O–H groups in total. The number of hydrogen-bond donors (Lipinski definition) is 0. The topological polar surface area (TPSA) is 67.7 Å². The third kappa shape index (κ3) is 4.30. The minimum atomic E-state index is -0.0616. The molecule has 0 unspecified atom stereocenters. The Labute approximate surface area is 159 Å². The predicted octanol–water partition coefficient (Wildman–Crippen LogP) is 2.09. The molecule has 27 heavy (non-hydrogen) atoms. The minimum Gasteiger partial charge on any atom is -0.497 e. The third-order valence-electron chi connectivity index (χ3n) is 4.80. The number of benzene rings is 1. The highest BCUT2D eigenvalue weighted by molar-refractivity contribution is 5.93. The van der Waals surface area contributed by atoms with Gasteiger partial charge in [-0.3, -0.25) is 14.3 Å². The molecule has 0 atom stereocenters. The van der Waals surface area contributed by atoms with Crippen molar-refractivity contribution in [3.63, 3.8) is 0 Å². The van der Waals surface area contributed by atoms with Gasteiger partial charge in [0.25, 0.3) is 5.91 Å². The van der Waals surface area contributed by atoms with Crippen molar-refractivity contribution in [2.24, 2.45) is 0 Å². The van der Waals surface area contributed by atoms with Crippen LogP contribution in [0.4, 0.5) is 0 Å². The van der Waals surface area contributed by atoms with Crippen molar-refractivity contribution in [3.8, 4) is 5.75 Å². The van der Waals surface area contributed by atoms with Crippen LogP contribution in [-0.2, 0) is 17.9 Å². The van der Waals surface area contributed by atoms with Crippen molar-refractivity contribution < 1.29 is 14.3 Å². The van der Waals surface area contributed by atoms with Crippen molar-refractivity contribution in [2.75, 3.05) is 26.7 Å². The fraction of sp³-hybridized carbons (Fsp3) is 0.450. The maximum absolute atomic E-state index is 12.9. The SMILES string of the molecule is CCn1nc(C)cc1C(=O)N1CCC(=O)N(Cc2cccc(OC)c2)CC1. The first-order valence-electron chi connectivity index (χ1n) is 9.26. The van der Waals surface area contributed by atoms with E-state index in [4.69, 9.17) is 4.74 Å². The van der Waals surface area contributed by atoms with Crippen molar-refractivity contribution in [2.45, 2.75) is 33.4 Å². The molecule has 2 heterocycles. The summed E-state index contributed by atoms with van der Waals surface area (Å²) in [6.07, 6.45) is 0.328. The van der Waals surface area contributed by atoms with E-state index >= 15 is 0 Å². The van der Waals surface area contributed by atoms with Gasteiger partial charge in [0, 0.05) is 39.1 Å². The van der Waals surface area contributed by atoms with E-state index < -0.39 is 0 Å². The van der Waals surface area contributed by atoms with Crippen LogP contribution in [0.2, 0.25) is 0 Å². The van der Waals surface area contributed by atoms with Gasteiger partial charge in [0.2, 0.25) is 5.91 Å². The van der Waals surface area contributed by atoms with Gasteiger partial charge in [-0.25, -0.2) is 0 Å². The fourth-order valence-electron chi connectivity index (χ4n) is 3.35. The number of aryl methyl sites for hydroxylation is 2. The molecule has 144 valence electrons. The number of methoxy groups -OCH3 is 1. The molecule has 0 spiro atoms. The summed E-state index contributed by atoms with van der Waals surface area (Å²) in [6.45, 7) is 6.47. The molecule has 0 aliphatic carbocycles. The summed E-state index contributed by atoms with van der Waals surface area (Å²) < 4.78 is 6.97. The fourth-order valence-corrected chi connectivity index (χ4v) is 3.35. The number of hydrogen-bond acceptors (Lipinski definition) is 4. The molecule has 1 aromatic heterocycles. The number of amides is 2. The Balaban J connectivity index is 1.69. The lowest BCUT2D eigenvalue weighted by Crippen LogP contribution is -2.36. The van der Waals surface area contributed by atoms with Gasteiger partial charge < -0.3 is 14.5 Å². The smallest absolute Gasteiger partial charge is 0.272 e. The second-order valence-electron chi connectivity index (χ2n) is 6.70. The van der Waals surface area contributed by atoms with Gasteiger partial charge in [0.05, 0.1) is 12.8 Å². The normalized spacial score (nSPS) is 15.0. The predicted molar refractivity (Wildman–Crippen MR) is 102 cm³/mol. The van der Waals surface area contributed by atoms with Crippen LogP contribution in [0.3, 0.4) is 0 Å². The standard InChI is InChI=1S/C20H26N4O3/c1-4-24-18(12-15(2)21-24)20(26)22-9-8-19(25)23(11-10-22)14-16-6-5-7-17(13-16)27-3/h5-7,12-13H,4,8-11,14H2,1-3H3. The van der Waals surface area contributed by atoms with Gasteiger partial charge in [-0.2, -0.15) is 5.10 Å².